The Bertz CT molecular complexity index is 328. The molecule has 2 heteroatoms. The Morgan fingerprint density at radius 3 is 2.29 bits per heavy atom. The molecule has 0 aromatic carbocycles. The maximum Gasteiger partial charge on any atom is 0.00684 e. The van der Waals surface area contributed by atoms with Crippen molar-refractivity contribution in [2.45, 2.75) is 84.2 Å². The summed E-state index contributed by atoms with van der Waals surface area (Å²) in [4.78, 5) is 2.83. The summed E-state index contributed by atoms with van der Waals surface area (Å²) in [5.41, 5.74) is 0.570. The number of rotatable bonds is 5. The van der Waals surface area contributed by atoms with Crippen LogP contribution in [0.2, 0.25) is 0 Å². The summed E-state index contributed by atoms with van der Waals surface area (Å²) >= 11 is 0. The molecule has 2 nitrogen and oxygen atoms in total. The number of hydrogen-bond acceptors (Lipinski definition) is 2. The average Bonchev–Trinajstić information content (AvgIpc) is 3.28. The van der Waals surface area contributed by atoms with Crippen LogP contribution in [-0.2, 0) is 0 Å². The topological polar surface area (TPSA) is 15.3 Å². The highest BCUT2D eigenvalue weighted by Gasteiger charge is 2.38. The van der Waals surface area contributed by atoms with Gasteiger partial charge in [-0.25, -0.2) is 0 Å². The second kappa shape index (κ2) is 6.58. The van der Waals surface area contributed by atoms with E-state index in [1.807, 2.05) is 0 Å². The van der Waals surface area contributed by atoms with E-state index in [-0.39, 0.29) is 0 Å². The van der Waals surface area contributed by atoms with E-state index in [9.17, 15) is 0 Å². The zero-order valence-corrected chi connectivity index (χ0v) is 14.5. The lowest BCUT2D eigenvalue weighted by molar-refractivity contribution is 0.0368. The third-order valence-corrected chi connectivity index (χ3v) is 6.46. The van der Waals surface area contributed by atoms with Crippen molar-refractivity contribution in [3.63, 3.8) is 0 Å². The molecule has 0 spiro atoms. The highest BCUT2D eigenvalue weighted by Crippen LogP contribution is 2.41. The van der Waals surface area contributed by atoms with Crippen molar-refractivity contribution in [2.24, 2.45) is 17.3 Å². The van der Waals surface area contributed by atoms with Crippen molar-refractivity contribution in [2.75, 3.05) is 19.6 Å². The Morgan fingerprint density at radius 2 is 1.62 bits per heavy atom. The Kier molecular flexibility index (Phi) is 4.95. The molecular formula is C19H36N2. The quantitative estimate of drug-likeness (QED) is 0.822. The molecule has 0 radical (unpaired) electrons. The largest absolute Gasteiger partial charge is 0.313 e. The molecule has 2 saturated carbocycles. The van der Waals surface area contributed by atoms with E-state index in [1.54, 1.807) is 0 Å². The van der Waals surface area contributed by atoms with Crippen LogP contribution in [0.3, 0.4) is 0 Å². The normalized spacial score (nSPS) is 42.1. The molecule has 0 aromatic heterocycles. The van der Waals surface area contributed by atoms with Crippen LogP contribution in [0.1, 0.15) is 72.1 Å². The van der Waals surface area contributed by atoms with Crippen LogP contribution in [0.15, 0.2) is 0 Å². The van der Waals surface area contributed by atoms with E-state index in [4.69, 9.17) is 0 Å². The molecule has 2 unspecified atom stereocenters. The molecule has 2 aliphatic carbocycles. The summed E-state index contributed by atoms with van der Waals surface area (Å²) in [5.74, 6) is 1.86. The lowest BCUT2D eigenvalue weighted by atomic mass is 9.70. The van der Waals surface area contributed by atoms with Crippen LogP contribution in [0.25, 0.3) is 0 Å². The molecule has 2 atom stereocenters. The smallest absolute Gasteiger partial charge is 0.00684 e. The Hall–Kier alpha value is -0.0800. The predicted molar refractivity (Wildman–Crippen MR) is 90.5 cm³/mol. The maximum absolute atomic E-state index is 3.87. The summed E-state index contributed by atoms with van der Waals surface area (Å²) in [6, 6.07) is 1.66. The third kappa shape index (κ3) is 4.22. The zero-order valence-electron chi connectivity index (χ0n) is 14.5. The first-order valence-electron chi connectivity index (χ1n) is 9.54. The standard InChI is InChI=1S/C19H36N2/c1-15-8-10-19(11-9-15,13-20-18-6-7-18)14-21-12-16(2)4-5-17(21)3/h15-18,20H,4-14H2,1-3H3. The maximum atomic E-state index is 3.87. The molecular weight excluding hydrogens is 256 g/mol. The van der Waals surface area contributed by atoms with Gasteiger partial charge in [-0.05, 0) is 62.7 Å². The molecule has 0 bridgehead atoms. The van der Waals surface area contributed by atoms with Gasteiger partial charge in [0.2, 0.25) is 0 Å². The molecule has 1 N–H and O–H groups in total. The molecule has 122 valence electrons. The zero-order chi connectivity index (χ0) is 14.9. The summed E-state index contributed by atoms with van der Waals surface area (Å²) in [6.45, 7) is 11.3. The Labute approximate surface area is 132 Å². The second-order valence-electron chi connectivity index (χ2n) is 8.80. The lowest BCUT2D eigenvalue weighted by Crippen LogP contribution is -2.51. The molecule has 1 saturated heterocycles. The van der Waals surface area contributed by atoms with Crippen LogP contribution in [0.4, 0.5) is 0 Å². The third-order valence-electron chi connectivity index (χ3n) is 6.46. The van der Waals surface area contributed by atoms with Crippen molar-refractivity contribution in [3.8, 4) is 0 Å². The SMILES string of the molecule is CC1CCC(CNC2CC2)(CN2CC(C)CCC2C)CC1. The molecule has 1 heterocycles. The molecule has 0 aromatic rings. The number of nitrogens with zero attached hydrogens (tertiary/aromatic N) is 1. The minimum Gasteiger partial charge on any atom is -0.313 e. The van der Waals surface area contributed by atoms with Crippen molar-refractivity contribution in [1.82, 2.24) is 10.2 Å². The van der Waals surface area contributed by atoms with Crippen molar-refractivity contribution < 1.29 is 0 Å². The van der Waals surface area contributed by atoms with Crippen molar-refractivity contribution in [3.05, 3.63) is 0 Å². The van der Waals surface area contributed by atoms with Gasteiger partial charge in [0.25, 0.3) is 0 Å². The summed E-state index contributed by atoms with van der Waals surface area (Å²) in [5, 5.41) is 3.87. The number of piperidine rings is 1. The average molecular weight is 293 g/mol. The van der Waals surface area contributed by atoms with Crippen LogP contribution in [-0.4, -0.2) is 36.6 Å². The summed E-state index contributed by atoms with van der Waals surface area (Å²) in [6.07, 6.45) is 11.5. The van der Waals surface area contributed by atoms with Gasteiger partial charge in [-0.3, -0.25) is 4.90 Å². The Morgan fingerprint density at radius 1 is 0.905 bits per heavy atom. The first kappa shape index (κ1) is 15.8. The molecule has 3 fully saturated rings. The van der Waals surface area contributed by atoms with Gasteiger partial charge in [0.1, 0.15) is 0 Å². The first-order valence-corrected chi connectivity index (χ1v) is 9.54. The second-order valence-corrected chi connectivity index (χ2v) is 8.80. The molecule has 1 aliphatic heterocycles. The fourth-order valence-corrected chi connectivity index (χ4v) is 4.44. The summed E-state index contributed by atoms with van der Waals surface area (Å²) < 4.78 is 0. The van der Waals surface area contributed by atoms with Crippen molar-refractivity contribution in [1.29, 1.82) is 0 Å². The van der Waals surface area contributed by atoms with Gasteiger partial charge in [0.15, 0.2) is 0 Å². The Balaban J connectivity index is 1.62. The minimum atomic E-state index is 0.570. The number of nitrogens with one attached hydrogen (secondary N) is 1. The van der Waals surface area contributed by atoms with Crippen LogP contribution < -0.4 is 5.32 Å². The van der Waals surface area contributed by atoms with E-state index >= 15 is 0 Å². The van der Waals surface area contributed by atoms with Crippen molar-refractivity contribution >= 4 is 0 Å². The van der Waals surface area contributed by atoms with Crippen LogP contribution in [0, 0.1) is 17.3 Å². The van der Waals surface area contributed by atoms with E-state index in [0.717, 1.165) is 23.9 Å². The number of likely N-dealkylation sites (tertiary alicyclic amines) is 1. The van der Waals surface area contributed by atoms with Crippen LogP contribution in [0.5, 0.6) is 0 Å². The van der Waals surface area contributed by atoms with Gasteiger partial charge in [-0.15, -0.1) is 0 Å². The van der Waals surface area contributed by atoms with E-state index in [0.29, 0.717) is 5.41 Å². The predicted octanol–water partition coefficient (Wildman–Crippen LogP) is 4.06. The minimum absolute atomic E-state index is 0.570. The molecule has 21 heavy (non-hydrogen) atoms. The fourth-order valence-electron chi connectivity index (χ4n) is 4.44. The van der Waals surface area contributed by atoms with E-state index in [1.165, 1.54) is 71.0 Å². The van der Waals surface area contributed by atoms with Gasteiger partial charge < -0.3 is 5.32 Å². The van der Waals surface area contributed by atoms with Gasteiger partial charge in [0.05, 0.1) is 0 Å². The van der Waals surface area contributed by atoms with Crippen LogP contribution >= 0.6 is 0 Å². The van der Waals surface area contributed by atoms with Gasteiger partial charge in [-0.2, -0.15) is 0 Å². The molecule has 3 aliphatic rings. The van der Waals surface area contributed by atoms with E-state index in [2.05, 4.69) is 31.0 Å². The highest BCUT2D eigenvalue weighted by atomic mass is 15.2. The first-order chi connectivity index (χ1) is 10.1. The molecule has 0 amide bonds. The van der Waals surface area contributed by atoms with Gasteiger partial charge >= 0.3 is 0 Å². The lowest BCUT2D eigenvalue weighted by Gasteiger charge is -2.47. The highest BCUT2D eigenvalue weighted by molar-refractivity contribution is 4.94. The van der Waals surface area contributed by atoms with Gasteiger partial charge in [-0.1, -0.05) is 26.7 Å². The fraction of sp³-hybridized carbons (Fsp3) is 1.00. The number of hydrogen-bond donors (Lipinski definition) is 1. The monoisotopic (exact) mass is 292 g/mol. The molecule has 3 rings (SSSR count). The van der Waals surface area contributed by atoms with E-state index < -0.39 is 0 Å². The van der Waals surface area contributed by atoms with Gasteiger partial charge in [0, 0.05) is 31.7 Å². The summed E-state index contributed by atoms with van der Waals surface area (Å²) in [7, 11) is 0.